The van der Waals surface area contributed by atoms with Gasteiger partial charge >= 0.3 is 0 Å². The molecule has 2 aliphatic heterocycles. The number of carbonyl (C=O) groups is 1. The van der Waals surface area contributed by atoms with Crippen LogP contribution in [0.3, 0.4) is 0 Å². The maximum absolute atomic E-state index is 12.5. The van der Waals surface area contributed by atoms with Crippen LogP contribution in [0.25, 0.3) is 0 Å². The van der Waals surface area contributed by atoms with Gasteiger partial charge in [0.05, 0.1) is 12.6 Å². The summed E-state index contributed by atoms with van der Waals surface area (Å²) in [5, 5.41) is 3.44. The van der Waals surface area contributed by atoms with E-state index in [0.29, 0.717) is 18.4 Å². The third-order valence-corrected chi connectivity index (χ3v) is 4.55. The Balaban J connectivity index is 1.64. The maximum atomic E-state index is 12.5. The van der Waals surface area contributed by atoms with Gasteiger partial charge in [0, 0.05) is 19.7 Å². The largest absolute Gasteiger partial charge is 0.380 e. The lowest BCUT2D eigenvalue weighted by Gasteiger charge is -2.26. The first-order chi connectivity index (χ1) is 8.36. The van der Waals surface area contributed by atoms with Crippen molar-refractivity contribution < 1.29 is 9.53 Å². The molecule has 96 valence electrons. The summed E-state index contributed by atoms with van der Waals surface area (Å²) >= 11 is 0. The molecule has 0 radical (unpaired) electrons. The first-order valence-corrected chi connectivity index (χ1v) is 6.96. The van der Waals surface area contributed by atoms with Gasteiger partial charge in [-0.3, -0.25) is 4.79 Å². The van der Waals surface area contributed by atoms with Crippen LogP contribution in [0.1, 0.15) is 25.7 Å². The highest BCUT2D eigenvalue weighted by Crippen LogP contribution is 2.38. The summed E-state index contributed by atoms with van der Waals surface area (Å²) < 4.78 is 5.41. The minimum Gasteiger partial charge on any atom is -0.380 e. The lowest BCUT2D eigenvalue weighted by Crippen LogP contribution is -2.47. The molecule has 3 aliphatic rings. The summed E-state index contributed by atoms with van der Waals surface area (Å²) in [5.74, 6) is 1.68. The number of amides is 1. The molecule has 0 aromatic carbocycles. The van der Waals surface area contributed by atoms with Crippen LogP contribution in [0.5, 0.6) is 0 Å². The molecule has 3 unspecified atom stereocenters. The van der Waals surface area contributed by atoms with Gasteiger partial charge in [-0.15, -0.1) is 0 Å². The van der Waals surface area contributed by atoms with Crippen LogP contribution in [0, 0.1) is 11.8 Å². The number of ether oxygens (including phenoxy) is 1. The summed E-state index contributed by atoms with van der Waals surface area (Å²) in [7, 11) is 0. The number of hydrogen-bond donors (Lipinski definition) is 1. The van der Waals surface area contributed by atoms with Crippen molar-refractivity contribution in [3.8, 4) is 0 Å². The third kappa shape index (κ3) is 2.20. The first-order valence-electron chi connectivity index (χ1n) is 6.96. The van der Waals surface area contributed by atoms with E-state index in [9.17, 15) is 4.79 Å². The van der Waals surface area contributed by atoms with Crippen molar-refractivity contribution in [1.29, 1.82) is 0 Å². The fraction of sp³-hybridized carbons (Fsp3) is 0.923. The lowest BCUT2D eigenvalue weighted by molar-refractivity contribution is -0.134. The van der Waals surface area contributed by atoms with E-state index in [0.717, 1.165) is 38.6 Å². The molecule has 0 aromatic heterocycles. The van der Waals surface area contributed by atoms with Gasteiger partial charge < -0.3 is 15.0 Å². The van der Waals surface area contributed by atoms with E-state index >= 15 is 0 Å². The van der Waals surface area contributed by atoms with Gasteiger partial charge in [-0.05, 0) is 37.6 Å². The summed E-state index contributed by atoms with van der Waals surface area (Å²) in [6, 6.07) is 0.0978. The van der Waals surface area contributed by atoms with Crippen LogP contribution in [0.2, 0.25) is 0 Å². The zero-order valence-corrected chi connectivity index (χ0v) is 10.4. The average molecular weight is 238 g/mol. The molecule has 0 spiro atoms. The molecule has 0 aromatic rings. The lowest BCUT2D eigenvalue weighted by atomic mass is 9.93. The Kier molecular flexibility index (Phi) is 3.34. The minimum absolute atomic E-state index is 0.0978. The molecule has 2 heterocycles. The molecular formula is C13H22N2O2. The van der Waals surface area contributed by atoms with E-state index in [2.05, 4.69) is 5.32 Å². The van der Waals surface area contributed by atoms with Gasteiger partial charge in [0.15, 0.2) is 0 Å². The Labute approximate surface area is 103 Å². The Morgan fingerprint density at radius 3 is 3.06 bits per heavy atom. The average Bonchev–Trinajstić information content (AvgIpc) is 2.82. The van der Waals surface area contributed by atoms with Crippen molar-refractivity contribution >= 4 is 5.91 Å². The highest BCUT2D eigenvalue weighted by Gasteiger charge is 2.43. The van der Waals surface area contributed by atoms with Crippen LogP contribution in [0.4, 0.5) is 0 Å². The van der Waals surface area contributed by atoms with Gasteiger partial charge in [0.1, 0.15) is 0 Å². The van der Waals surface area contributed by atoms with Gasteiger partial charge in [0.2, 0.25) is 5.91 Å². The second kappa shape index (κ2) is 4.94. The van der Waals surface area contributed by atoms with Crippen LogP contribution >= 0.6 is 0 Å². The molecule has 1 saturated carbocycles. The predicted octanol–water partition coefficient (Wildman–Crippen LogP) is 0.623. The van der Waals surface area contributed by atoms with Crippen LogP contribution in [-0.2, 0) is 9.53 Å². The monoisotopic (exact) mass is 238 g/mol. The third-order valence-electron chi connectivity index (χ3n) is 4.55. The van der Waals surface area contributed by atoms with E-state index in [-0.39, 0.29) is 6.04 Å². The summed E-state index contributed by atoms with van der Waals surface area (Å²) in [5.41, 5.74) is 0. The van der Waals surface area contributed by atoms with E-state index in [4.69, 9.17) is 4.74 Å². The second-order valence-corrected chi connectivity index (χ2v) is 5.53. The first kappa shape index (κ1) is 11.5. The van der Waals surface area contributed by atoms with Crippen molar-refractivity contribution in [2.75, 3.05) is 32.8 Å². The van der Waals surface area contributed by atoms with Crippen molar-refractivity contribution in [2.45, 2.75) is 31.7 Å². The quantitative estimate of drug-likeness (QED) is 0.728. The van der Waals surface area contributed by atoms with Gasteiger partial charge in [-0.25, -0.2) is 0 Å². The molecule has 3 rings (SSSR count). The predicted molar refractivity (Wildman–Crippen MR) is 64.6 cm³/mol. The van der Waals surface area contributed by atoms with Gasteiger partial charge in [-0.2, -0.15) is 0 Å². The van der Waals surface area contributed by atoms with Gasteiger partial charge in [-0.1, -0.05) is 6.42 Å². The normalized spacial score (nSPS) is 37.9. The number of nitrogens with zero attached hydrogens (tertiary/aromatic N) is 1. The van der Waals surface area contributed by atoms with E-state index in [1.165, 1.54) is 19.3 Å². The summed E-state index contributed by atoms with van der Waals surface area (Å²) in [6.07, 6.45) is 4.83. The van der Waals surface area contributed by atoms with Crippen molar-refractivity contribution in [3.63, 3.8) is 0 Å². The smallest absolute Gasteiger partial charge is 0.240 e. The molecule has 3 fully saturated rings. The minimum atomic E-state index is 0.0978. The van der Waals surface area contributed by atoms with E-state index < -0.39 is 0 Å². The molecule has 1 aliphatic carbocycles. The SMILES string of the molecule is O=C(C1NCC2CCCC21)N1CCCOCC1. The molecule has 1 N–H and O–H groups in total. The topological polar surface area (TPSA) is 41.6 Å². The fourth-order valence-corrected chi connectivity index (χ4v) is 3.62. The van der Waals surface area contributed by atoms with E-state index in [1.807, 2.05) is 4.90 Å². The van der Waals surface area contributed by atoms with Crippen molar-refractivity contribution in [3.05, 3.63) is 0 Å². The zero-order chi connectivity index (χ0) is 11.7. The van der Waals surface area contributed by atoms with E-state index in [1.54, 1.807) is 0 Å². The maximum Gasteiger partial charge on any atom is 0.240 e. The summed E-state index contributed by atoms with van der Waals surface area (Å²) in [6.45, 7) is 4.19. The molecule has 1 amide bonds. The highest BCUT2D eigenvalue weighted by molar-refractivity contribution is 5.82. The Bertz CT molecular complexity index is 287. The van der Waals surface area contributed by atoms with Gasteiger partial charge in [0.25, 0.3) is 0 Å². The molecule has 4 nitrogen and oxygen atoms in total. The van der Waals surface area contributed by atoms with Crippen molar-refractivity contribution in [2.24, 2.45) is 11.8 Å². The van der Waals surface area contributed by atoms with Crippen LogP contribution in [0.15, 0.2) is 0 Å². The Morgan fingerprint density at radius 2 is 2.12 bits per heavy atom. The molecule has 17 heavy (non-hydrogen) atoms. The Hall–Kier alpha value is -0.610. The number of fused-ring (bicyclic) bond motifs is 1. The molecule has 3 atom stereocenters. The Morgan fingerprint density at radius 1 is 1.18 bits per heavy atom. The highest BCUT2D eigenvalue weighted by atomic mass is 16.5. The number of nitrogens with one attached hydrogen (secondary N) is 1. The zero-order valence-electron chi connectivity index (χ0n) is 10.4. The van der Waals surface area contributed by atoms with Crippen LogP contribution < -0.4 is 5.32 Å². The molecular weight excluding hydrogens is 216 g/mol. The van der Waals surface area contributed by atoms with Crippen LogP contribution in [-0.4, -0.2) is 49.7 Å². The molecule has 4 heteroatoms. The number of carbonyl (C=O) groups excluding carboxylic acids is 1. The summed E-state index contributed by atoms with van der Waals surface area (Å²) in [4.78, 5) is 14.5. The van der Waals surface area contributed by atoms with Crippen molar-refractivity contribution in [1.82, 2.24) is 10.2 Å². The molecule has 2 saturated heterocycles. The fourth-order valence-electron chi connectivity index (χ4n) is 3.62. The number of hydrogen-bond acceptors (Lipinski definition) is 3. The molecule has 0 bridgehead atoms. The standard InChI is InChI=1S/C13H22N2O2/c16-13(15-5-2-7-17-8-6-15)12-11-4-1-3-10(11)9-14-12/h10-12,14H,1-9H2. The second-order valence-electron chi connectivity index (χ2n) is 5.53. The number of rotatable bonds is 1.